The first-order valence-corrected chi connectivity index (χ1v) is 7.15. The number of halogens is 3. The van der Waals surface area contributed by atoms with Crippen LogP contribution in [0.15, 0.2) is 22.7 Å². The van der Waals surface area contributed by atoms with E-state index in [1.54, 1.807) is 0 Å². The van der Waals surface area contributed by atoms with Crippen LogP contribution in [-0.4, -0.2) is 24.0 Å². The molecule has 1 saturated heterocycles. The molecule has 0 aliphatic carbocycles. The molecule has 0 aromatic heterocycles. The molecule has 1 aliphatic heterocycles. The van der Waals surface area contributed by atoms with Crippen molar-refractivity contribution in [2.45, 2.75) is 25.9 Å². The molecule has 2 atom stereocenters. The van der Waals surface area contributed by atoms with Gasteiger partial charge in [0, 0.05) is 28.6 Å². The smallest absolute Gasteiger partial charge is 0.0462 e. The van der Waals surface area contributed by atoms with E-state index in [1.165, 1.54) is 12.0 Å². The molecule has 0 bridgehead atoms. The topological polar surface area (TPSA) is 29.3 Å². The van der Waals surface area contributed by atoms with Crippen molar-refractivity contribution in [1.29, 1.82) is 0 Å². The highest BCUT2D eigenvalue weighted by atomic mass is 79.9. The number of benzene rings is 1. The van der Waals surface area contributed by atoms with Gasteiger partial charge in [0.05, 0.1) is 0 Å². The number of hydrogen-bond acceptors (Lipinski definition) is 2. The summed E-state index contributed by atoms with van der Waals surface area (Å²) >= 11 is 9.65. The molecule has 0 saturated carbocycles. The standard InChI is InChI=1S/C13H18BrClN2.ClH/c1-9(16)10-4-5-17(7-10)8-11-2-3-12(14)6-13(11)15;/h2-3,6,9-10H,4-5,7-8,16H2,1H3;1H. The van der Waals surface area contributed by atoms with E-state index in [9.17, 15) is 0 Å². The Kier molecular flexibility index (Phi) is 6.42. The lowest BCUT2D eigenvalue weighted by molar-refractivity contribution is 0.308. The minimum atomic E-state index is 0. The summed E-state index contributed by atoms with van der Waals surface area (Å²) in [7, 11) is 0. The van der Waals surface area contributed by atoms with E-state index in [4.69, 9.17) is 17.3 Å². The molecular weight excluding hydrogens is 335 g/mol. The van der Waals surface area contributed by atoms with E-state index < -0.39 is 0 Å². The van der Waals surface area contributed by atoms with Crippen LogP contribution in [0, 0.1) is 5.92 Å². The summed E-state index contributed by atoms with van der Waals surface area (Å²) in [4.78, 5) is 2.43. The third-order valence-electron chi connectivity index (χ3n) is 3.46. The second kappa shape index (κ2) is 7.11. The van der Waals surface area contributed by atoms with Gasteiger partial charge in [0.2, 0.25) is 0 Å². The molecule has 2 unspecified atom stereocenters. The number of nitrogens with two attached hydrogens (primary N) is 1. The number of rotatable bonds is 3. The predicted molar refractivity (Wildman–Crippen MR) is 83.4 cm³/mol. The van der Waals surface area contributed by atoms with Gasteiger partial charge >= 0.3 is 0 Å². The van der Waals surface area contributed by atoms with Gasteiger partial charge in [-0.3, -0.25) is 4.90 Å². The first kappa shape index (κ1) is 16.3. The first-order chi connectivity index (χ1) is 8.06. The Labute approximate surface area is 128 Å². The molecule has 2 N–H and O–H groups in total. The minimum absolute atomic E-state index is 0. The summed E-state index contributed by atoms with van der Waals surface area (Å²) in [5, 5.41) is 0.837. The van der Waals surface area contributed by atoms with Gasteiger partial charge < -0.3 is 5.73 Å². The third kappa shape index (κ3) is 4.10. The number of nitrogens with zero attached hydrogens (tertiary/aromatic N) is 1. The SMILES string of the molecule is CC(N)C1CCN(Cc2ccc(Br)cc2Cl)C1.Cl. The molecule has 1 aromatic rings. The lowest BCUT2D eigenvalue weighted by Crippen LogP contribution is -2.29. The molecule has 1 aromatic carbocycles. The summed E-state index contributed by atoms with van der Waals surface area (Å²) in [6.07, 6.45) is 1.20. The molecule has 1 fully saturated rings. The highest BCUT2D eigenvalue weighted by Gasteiger charge is 2.25. The van der Waals surface area contributed by atoms with Crippen molar-refractivity contribution in [3.05, 3.63) is 33.3 Å². The van der Waals surface area contributed by atoms with Crippen LogP contribution in [0.4, 0.5) is 0 Å². The molecule has 5 heteroatoms. The number of likely N-dealkylation sites (tertiary alicyclic amines) is 1. The van der Waals surface area contributed by atoms with Crippen LogP contribution in [-0.2, 0) is 6.54 Å². The Morgan fingerprint density at radius 1 is 1.56 bits per heavy atom. The zero-order valence-electron chi connectivity index (χ0n) is 10.4. The maximum atomic E-state index is 6.23. The van der Waals surface area contributed by atoms with Crippen LogP contribution in [0.1, 0.15) is 18.9 Å². The van der Waals surface area contributed by atoms with Crippen molar-refractivity contribution >= 4 is 39.9 Å². The van der Waals surface area contributed by atoms with E-state index in [-0.39, 0.29) is 12.4 Å². The van der Waals surface area contributed by atoms with Crippen molar-refractivity contribution in [2.75, 3.05) is 13.1 Å². The van der Waals surface area contributed by atoms with Crippen LogP contribution in [0.25, 0.3) is 0 Å². The molecule has 0 spiro atoms. The summed E-state index contributed by atoms with van der Waals surface area (Å²) in [5.41, 5.74) is 7.14. The Balaban J connectivity index is 0.00000162. The molecule has 2 rings (SSSR count). The lowest BCUT2D eigenvalue weighted by atomic mass is 10.0. The van der Waals surface area contributed by atoms with E-state index in [0.29, 0.717) is 12.0 Å². The van der Waals surface area contributed by atoms with Crippen molar-refractivity contribution in [2.24, 2.45) is 11.7 Å². The van der Waals surface area contributed by atoms with Crippen molar-refractivity contribution in [3.63, 3.8) is 0 Å². The molecule has 102 valence electrons. The predicted octanol–water partition coefficient (Wildman–Crippen LogP) is 3.69. The zero-order valence-corrected chi connectivity index (χ0v) is 13.6. The van der Waals surface area contributed by atoms with Crippen LogP contribution in [0.3, 0.4) is 0 Å². The normalized spacial score (nSPS) is 21.7. The number of hydrogen-bond donors (Lipinski definition) is 1. The van der Waals surface area contributed by atoms with E-state index in [0.717, 1.165) is 29.1 Å². The molecule has 18 heavy (non-hydrogen) atoms. The van der Waals surface area contributed by atoms with Crippen LogP contribution in [0.5, 0.6) is 0 Å². The van der Waals surface area contributed by atoms with E-state index >= 15 is 0 Å². The maximum Gasteiger partial charge on any atom is 0.0462 e. The Hall–Kier alpha value is 0.200. The van der Waals surface area contributed by atoms with Gasteiger partial charge in [0.25, 0.3) is 0 Å². The summed E-state index contributed by atoms with van der Waals surface area (Å²) in [6, 6.07) is 6.38. The summed E-state index contributed by atoms with van der Waals surface area (Å²) in [6.45, 7) is 5.23. The fourth-order valence-electron chi connectivity index (χ4n) is 2.33. The van der Waals surface area contributed by atoms with Gasteiger partial charge in [0.1, 0.15) is 0 Å². The van der Waals surface area contributed by atoms with E-state index in [2.05, 4.69) is 33.8 Å². The fourth-order valence-corrected chi connectivity index (χ4v) is 3.06. The molecule has 0 amide bonds. The van der Waals surface area contributed by atoms with E-state index in [1.807, 2.05) is 12.1 Å². The van der Waals surface area contributed by atoms with Crippen molar-refractivity contribution < 1.29 is 0 Å². The Morgan fingerprint density at radius 3 is 2.83 bits per heavy atom. The molecular formula is C13H19BrCl2N2. The van der Waals surface area contributed by atoms with Gasteiger partial charge in [-0.05, 0) is 43.5 Å². The Bertz CT molecular complexity index is 399. The first-order valence-electron chi connectivity index (χ1n) is 5.98. The third-order valence-corrected chi connectivity index (χ3v) is 4.31. The molecule has 1 heterocycles. The second-order valence-electron chi connectivity index (χ2n) is 4.88. The van der Waals surface area contributed by atoms with Gasteiger partial charge in [0.15, 0.2) is 0 Å². The largest absolute Gasteiger partial charge is 0.328 e. The highest BCUT2D eigenvalue weighted by Crippen LogP contribution is 2.25. The Morgan fingerprint density at radius 2 is 2.28 bits per heavy atom. The van der Waals surface area contributed by atoms with Crippen LogP contribution >= 0.6 is 39.9 Å². The highest BCUT2D eigenvalue weighted by molar-refractivity contribution is 9.10. The lowest BCUT2D eigenvalue weighted by Gasteiger charge is -2.18. The van der Waals surface area contributed by atoms with Gasteiger partial charge in [-0.25, -0.2) is 0 Å². The fraction of sp³-hybridized carbons (Fsp3) is 0.538. The van der Waals surface area contributed by atoms with Crippen molar-refractivity contribution in [1.82, 2.24) is 4.90 Å². The average molecular weight is 354 g/mol. The maximum absolute atomic E-state index is 6.23. The average Bonchev–Trinajstić information content (AvgIpc) is 2.71. The summed E-state index contributed by atoms with van der Waals surface area (Å²) < 4.78 is 1.03. The van der Waals surface area contributed by atoms with Crippen LogP contribution in [0.2, 0.25) is 5.02 Å². The van der Waals surface area contributed by atoms with Gasteiger partial charge in [-0.2, -0.15) is 0 Å². The van der Waals surface area contributed by atoms with Crippen LogP contribution < -0.4 is 5.73 Å². The molecule has 1 aliphatic rings. The quantitative estimate of drug-likeness (QED) is 0.897. The van der Waals surface area contributed by atoms with Gasteiger partial charge in [-0.1, -0.05) is 33.6 Å². The van der Waals surface area contributed by atoms with Gasteiger partial charge in [-0.15, -0.1) is 12.4 Å². The monoisotopic (exact) mass is 352 g/mol. The molecule has 2 nitrogen and oxygen atoms in total. The molecule has 0 radical (unpaired) electrons. The summed E-state index contributed by atoms with van der Waals surface area (Å²) in [5.74, 6) is 0.629. The zero-order chi connectivity index (χ0) is 12.4. The minimum Gasteiger partial charge on any atom is -0.328 e. The van der Waals surface area contributed by atoms with Crippen molar-refractivity contribution in [3.8, 4) is 0 Å². The second-order valence-corrected chi connectivity index (χ2v) is 6.20.